The quantitative estimate of drug-likeness (QED) is 0.805. The van der Waals surface area contributed by atoms with Crippen molar-refractivity contribution in [2.45, 2.75) is 57.4 Å². The zero-order valence-electron chi connectivity index (χ0n) is 12.8. The zero-order chi connectivity index (χ0) is 14.2. The number of rotatable bonds is 1. The lowest BCUT2D eigenvalue weighted by atomic mass is 9.79. The molecule has 2 N–H and O–H groups in total. The van der Waals surface area contributed by atoms with E-state index in [-0.39, 0.29) is 0 Å². The fourth-order valence-corrected chi connectivity index (χ4v) is 4.59. The number of anilines is 1. The fourth-order valence-electron chi connectivity index (χ4n) is 4.59. The standard InChI is InChI=1S/C17H26N4/c18-14-7-6-12-9-21(10-13(12)8-14)17-15-4-2-1-3-5-16(15)19-11-20-17/h11-14H,1-10,18H2/t12-,13+,14?/m1/s1. The Morgan fingerprint density at radius 1 is 1.00 bits per heavy atom. The molecule has 4 heteroatoms. The van der Waals surface area contributed by atoms with Crippen LogP contribution in [0.4, 0.5) is 5.82 Å². The molecule has 2 aliphatic carbocycles. The molecule has 0 bridgehead atoms. The van der Waals surface area contributed by atoms with Gasteiger partial charge in [-0.15, -0.1) is 0 Å². The highest BCUT2D eigenvalue weighted by molar-refractivity contribution is 5.50. The van der Waals surface area contributed by atoms with Crippen molar-refractivity contribution in [2.24, 2.45) is 17.6 Å². The van der Waals surface area contributed by atoms with E-state index in [1.807, 2.05) is 0 Å². The molecule has 1 aromatic heterocycles. The lowest BCUT2D eigenvalue weighted by molar-refractivity contribution is 0.271. The topological polar surface area (TPSA) is 55.0 Å². The molecule has 0 amide bonds. The van der Waals surface area contributed by atoms with E-state index in [2.05, 4.69) is 14.9 Å². The second-order valence-electron chi connectivity index (χ2n) is 7.18. The van der Waals surface area contributed by atoms with Crippen molar-refractivity contribution >= 4 is 5.82 Å². The summed E-state index contributed by atoms with van der Waals surface area (Å²) < 4.78 is 0. The molecule has 1 unspecified atom stereocenters. The first-order valence-electron chi connectivity index (χ1n) is 8.64. The van der Waals surface area contributed by atoms with Gasteiger partial charge < -0.3 is 10.6 Å². The Morgan fingerprint density at radius 3 is 2.81 bits per heavy atom. The molecule has 4 rings (SSSR count). The maximum absolute atomic E-state index is 6.16. The Morgan fingerprint density at radius 2 is 1.86 bits per heavy atom. The van der Waals surface area contributed by atoms with Gasteiger partial charge in [-0.2, -0.15) is 0 Å². The van der Waals surface area contributed by atoms with Crippen molar-refractivity contribution in [3.05, 3.63) is 17.6 Å². The van der Waals surface area contributed by atoms with Gasteiger partial charge in [-0.25, -0.2) is 9.97 Å². The van der Waals surface area contributed by atoms with Crippen LogP contribution < -0.4 is 10.6 Å². The van der Waals surface area contributed by atoms with Crippen LogP contribution in [-0.2, 0) is 12.8 Å². The van der Waals surface area contributed by atoms with Crippen molar-refractivity contribution in [3.8, 4) is 0 Å². The molecule has 1 saturated carbocycles. The summed E-state index contributed by atoms with van der Waals surface area (Å²) in [4.78, 5) is 11.8. The Balaban J connectivity index is 1.60. The van der Waals surface area contributed by atoms with Gasteiger partial charge >= 0.3 is 0 Å². The summed E-state index contributed by atoms with van der Waals surface area (Å²) in [6, 6.07) is 0.425. The summed E-state index contributed by atoms with van der Waals surface area (Å²) in [5.41, 5.74) is 8.91. The van der Waals surface area contributed by atoms with Crippen molar-refractivity contribution < 1.29 is 0 Å². The van der Waals surface area contributed by atoms with E-state index in [0.29, 0.717) is 6.04 Å². The molecule has 3 atom stereocenters. The maximum Gasteiger partial charge on any atom is 0.135 e. The van der Waals surface area contributed by atoms with Crippen LogP contribution in [0.2, 0.25) is 0 Å². The van der Waals surface area contributed by atoms with Crippen LogP contribution in [0, 0.1) is 11.8 Å². The van der Waals surface area contributed by atoms with Gasteiger partial charge in [0.15, 0.2) is 0 Å². The first kappa shape index (κ1) is 13.5. The minimum Gasteiger partial charge on any atom is -0.356 e. The van der Waals surface area contributed by atoms with Crippen LogP contribution in [0.3, 0.4) is 0 Å². The van der Waals surface area contributed by atoms with E-state index < -0.39 is 0 Å². The van der Waals surface area contributed by atoms with Gasteiger partial charge in [0.1, 0.15) is 12.1 Å². The van der Waals surface area contributed by atoms with Gasteiger partial charge in [-0.05, 0) is 56.8 Å². The summed E-state index contributed by atoms with van der Waals surface area (Å²) in [5, 5.41) is 0. The molecule has 4 nitrogen and oxygen atoms in total. The summed E-state index contributed by atoms with van der Waals surface area (Å²) in [6.45, 7) is 2.34. The van der Waals surface area contributed by atoms with E-state index >= 15 is 0 Å². The van der Waals surface area contributed by atoms with E-state index in [0.717, 1.165) is 31.2 Å². The summed E-state index contributed by atoms with van der Waals surface area (Å²) in [5.74, 6) is 2.86. The average Bonchev–Trinajstić information content (AvgIpc) is 2.75. The first-order valence-corrected chi connectivity index (χ1v) is 8.64. The molecule has 114 valence electrons. The number of fused-ring (bicyclic) bond motifs is 2. The number of nitrogens with two attached hydrogens (primary N) is 1. The highest BCUT2D eigenvalue weighted by atomic mass is 15.2. The molecule has 0 radical (unpaired) electrons. The lowest BCUT2D eigenvalue weighted by Gasteiger charge is -2.27. The molecule has 0 aromatic carbocycles. The average molecular weight is 286 g/mol. The van der Waals surface area contributed by atoms with Gasteiger partial charge in [-0.1, -0.05) is 6.42 Å². The van der Waals surface area contributed by atoms with Crippen LogP contribution in [0.5, 0.6) is 0 Å². The third kappa shape index (κ3) is 2.54. The molecule has 2 heterocycles. The second kappa shape index (κ2) is 5.56. The van der Waals surface area contributed by atoms with Gasteiger partial charge in [-0.3, -0.25) is 0 Å². The lowest BCUT2D eigenvalue weighted by Crippen LogP contribution is -2.32. The molecule has 3 aliphatic rings. The Kier molecular flexibility index (Phi) is 3.57. The van der Waals surface area contributed by atoms with Gasteiger partial charge in [0.2, 0.25) is 0 Å². The molecule has 1 aliphatic heterocycles. The number of hydrogen-bond donors (Lipinski definition) is 1. The van der Waals surface area contributed by atoms with E-state index in [4.69, 9.17) is 5.73 Å². The van der Waals surface area contributed by atoms with Crippen molar-refractivity contribution in [1.82, 2.24) is 9.97 Å². The third-order valence-electron chi connectivity index (χ3n) is 5.74. The van der Waals surface area contributed by atoms with Crippen molar-refractivity contribution in [2.75, 3.05) is 18.0 Å². The number of aromatic nitrogens is 2. The summed E-state index contributed by atoms with van der Waals surface area (Å²) >= 11 is 0. The highest BCUT2D eigenvalue weighted by Crippen LogP contribution is 2.38. The molecule has 21 heavy (non-hydrogen) atoms. The van der Waals surface area contributed by atoms with E-state index in [1.165, 1.54) is 62.1 Å². The number of aryl methyl sites for hydroxylation is 1. The van der Waals surface area contributed by atoms with Crippen molar-refractivity contribution in [3.63, 3.8) is 0 Å². The molecule has 1 saturated heterocycles. The second-order valence-corrected chi connectivity index (χ2v) is 7.18. The van der Waals surface area contributed by atoms with Crippen LogP contribution in [0.25, 0.3) is 0 Å². The minimum absolute atomic E-state index is 0.425. The van der Waals surface area contributed by atoms with Gasteiger partial charge in [0.25, 0.3) is 0 Å². The SMILES string of the molecule is NC1CC[C@@H]2CN(c3ncnc4c3CCCCC4)C[C@@H]2C1. The van der Waals surface area contributed by atoms with Crippen LogP contribution in [-0.4, -0.2) is 29.1 Å². The predicted octanol–water partition coefficient (Wildman–Crippen LogP) is 2.31. The molecular weight excluding hydrogens is 260 g/mol. The number of hydrogen-bond acceptors (Lipinski definition) is 4. The summed E-state index contributed by atoms with van der Waals surface area (Å²) in [6.07, 6.45) is 11.7. The zero-order valence-corrected chi connectivity index (χ0v) is 12.8. The Bertz CT molecular complexity index is 516. The Hall–Kier alpha value is -1.16. The largest absolute Gasteiger partial charge is 0.356 e. The van der Waals surface area contributed by atoms with Crippen LogP contribution in [0.15, 0.2) is 6.33 Å². The number of nitrogens with zero attached hydrogens (tertiary/aromatic N) is 3. The first-order chi connectivity index (χ1) is 10.3. The third-order valence-corrected chi connectivity index (χ3v) is 5.74. The molecule has 2 fully saturated rings. The monoisotopic (exact) mass is 286 g/mol. The molecule has 0 spiro atoms. The normalized spacial score (nSPS) is 32.4. The summed E-state index contributed by atoms with van der Waals surface area (Å²) in [7, 11) is 0. The van der Waals surface area contributed by atoms with Crippen LogP contribution in [0.1, 0.15) is 49.8 Å². The van der Waals surface area contributed by atoms with Gasteiger partial charge in [0, 0.05) is 30.4 Å². The van der Waals surface area contributed by atoms with Crippen molar-refractivity contribution in [1.29, 1.82) is 0 Å². The Labute approximate surface area is 127 Å². The highest BCUT2D eigenvalue weighted by Gasteiger charge is 2.38. The van der Waals surface area contributed by atoms with Gasteiger partial charge in [0.05, 0.1) is 0 Å². The smallest absolute Gasteiger partial charge is 0.135 e. The molecule has 1 aromatic rings. The molecular formula is C17H26N4. The predicted molar refractivity (Wildman–Crippen MR) is 84.3 cm³/mol. The maximum atomic E-state index is 6.16. The van der Waals surface area contributed by atoms with E-state index in [9.17, 15) is 0 Å². The minimum atomic E-state index is 0.425. The fraction of sp³-hybridized carbons (Fsp3) is 0.765. The van der Waals surface area contributed by atoms with E-state index in [1.54, 1.807) is 6.33 Å². The van der Waals surface area contributed by atoms with Crippen LogP contribution >= 0.6 is 0 Å².